The molecule has 0 saturated heterocycles. The van der Waals surface area contributed by atoms with E-state index in [2.05, 4.69) is 34.6 Å². The average molecular weight is 575 g/mol. The number of benzene rings is 1. The second-order valence-corrected chi connectivity index (χ2v) is 13.3. The molecule has 0 aromatic heterocycles. The lowest BCUT2D eigenvalue weighted by Gasteiger charge is -2.38. The lowest BCUT2D eigenvalue weighted by Crippen LogP contribution is -2.37. The number of carbonyl (C=O) groups excluding carboxylic acids is 2. The molecular weight excluding hydrogens is 516 g/mol. The normalized spacial score (nSPS) is 18.0. The molecule has 0 aliphatic carbocycles. The van der Waals surface area contributed by atoms with Crippen molar-refractivity contribution in [3.63, 3.8) is 0 Å². The Labute approximate surface area is 249 Å². The quantitative estimate of drug-likeness (QED) is 0.140. The molecule has 3 atom stereocenters. The molecule has 1 aliphatic rings. The molecule has 2 rings (SSSR count). The van der Waals surface area contributed by atoms with E-state index >= 15 is 0 Å². The Kier molecular flexibility index (Phi) is 14.7. The molecule has 1 aliphatic heterocycles. The van der Waals surface area contributed by atoms with Gasteiger partial charge in [-0.1, -0.05) is 72.6 Å². The summed E-state index contributed by atoms with van der Waals surface area (Å²) in [7, 11) is 0. The van der Waals surface area contributed by atoms with E-state index in [0.717, 1.165) is 65.0 Å². The number of fused-ring (bicyclic) bond motifs is 1. The van der Waals surface area contributed by atoms with Crippen molar-refractivity contribution in [2.24, 2.45) is 17.8 Å². The SMILES string of the molecule is Cc1c(C)c2c(c(C)c1OC(=O)CCC(=O)OCCO)CC[C@](C)(CCC[C@@H](C)CCC[C@@H](C)CCCC(C)C)O2. The fourth-order valence-corrected chi connectivity index (χ4v) is 6.01. The van der Waals surface area contributed by atoms with Crippen LogP contribution in [0.1, 0.15) is 134 Å². The van der Waals surface area contributed by atoms with Gasteiger partial charge in [-0.05, 0) is 87.8 Å². The van der Waals surface area contributed by atoms with E-state index in [1.54, 1.807) is 0 Å². The molecule has 1 heterocycles. The first-order chi connectivity index (χ1) is 19.4. The van der Waals surface area contributed by atoms with Crippen LogP contribution in [0.4, 0.5) is 0 Å². The molecule has 1 N–H and O–H groups in total. The molecule has 1 aromatic rings. The highest BCUT2D eigenvalue weighted by molar-refractivity contribution is 5.80. The minimum absolute atomic E-state index is 0.0633. The van der Waals surface area contributed by atoms with Gasteiger partial charge in [0, 0.05) is 5.56 Å². The molecule has 0 radical (unpaired) electrons. The van der Waals surface area contributed by atoms with Crippen molar-refractivity contribution in [2.45, 2.75) is 144 Å². The topological polar surface area (TPSA) is 82.1 Å². The lowest BCUT2D eigenvalue weighted by molar-refractivity contribution is -0.147. The van der Waals surface area contributed by atoms with Crippen LogP contribution in [-0.4, -0.2) is 35.9 Å². The standard InChI is InChI=1S/C35H58O6/c1-24(2)12-9-13-25(3)14-10-15-26(4)16-11-20-35(8)21-19-30-29(7)33(27(5)28(6)34(30)41-35)40-32(38)18-17-31(37)39-23-22-36/h24-26,36H,9-23H2,1-8H3/t25-,26-,35-/m0/s1. The number of aliphatic hydroxyl groups is 1. The maximum absolute atomic E-state index is 12.5. The van der Waals surface area contributed by atoms with Gasteiger partial charge < -0.3 is 19.3 Å². The molecule has 0 fully saturated rings. The van der Waals surface area contributed by atoms with Crippen molar-refractivity contribution in [2.75, 3.05) is 13.2 Å². The summed E-state index contributed by atoms with van der Waals surface area (Å²) in [4.78, 5) is 24.2. The highest BCUT2D eigenvalue weighted by Gasteiger charge is 2.34. The van der Waals surface area contributed by atoms with Crippen molar-refractivity contribution < 1.29 is 28.9 Å². The molecule has 41 heavy (non-hydrogen) atoms. The van der Waals surface area contributed by atoms with Gasteiger partial charge in [-0.15, -0.1) is 0 Å². The number of hydrogen-bond acceptors (Lipinski definition) is 6. The van der Waals surface area contributed by atoms with Gasteiger partial charge in [0.2, 0.25) is 0 Å². The molecule has 6 nitrogen and oxygen atoms in total. The Morgan fingerprint density at radius 3 is 2.05 bits per heavy atom. The highest BCUT2D eigenvalue weighted by atomic mass is 16.5. The van der Waals surface area contributed by atoms with Crippen LogP contribution in [0.2, 0.25) is 0 Å². The van der Waals surface area contributed by atoms with E-state index in [4.69, 9.17) is 19.3 Å². The number of esters is 2. The minimum Gasteiger partial charge on any atom is -0.487 e. The predicted molar refractivity (Wildman–Crippen MR) is 166 cm³/mol. The van der Waals surface area contributed by atoms with Gasteiger partial charge in [-0.25, -0.2) is 0 Å². The van der Waals surface area contributed by atoms with E-state index in [-0.39, 0.29) is 31.7 Å². The van der Waals surface area contributed by atoms with Gasteiger partial charge in [0.05, 0.1) is 19.4 Å². The van der Waals surface area contributed by atoms with E-state index in [1.807, 2.05) is 20.8 Å². The summed E-state index contributed by atoms with van der Waals surface area (Å²) in [5, 5.41) is 8.76. The van der Waals surface area contributed by atoms with E-state index < -0.39 is 11.9 Å². The second kappa shape index (κ2) is 17.1. The lowest BCUT2D eigenvalue weighted by atomic mass is 9.83. The molecular formula is C35H58O6. The van der Waals surface area contributed by atoms with Gasteiger partial charge >= 0.3 is 11.9 Å². The summed E-state index contributed by atoms with van der Waals surface area (Å²) in [5.41, 5.74) is 3.78. The zero-order valence-electron chi connectivity index (χ0n) is 27.3. The number of hydrogen-bond donors (Lipinski definition) is 1. The van der Waals surface area contributed by atoms with Crippen LogP contribution in [0.3, 0.4) is 0 Å². The van der Waals surface area contributed by atoms with Crippen LogP contribution >= 0.6 is 0 Å². The van der Waals surface area contributed by atoms with Crippen LogP contribution < -0.4 is 9.47 Å². The Morgan fingerprint density at radius 2 is 1.44 bits per heavy atom. The van der Waals surface area contributed by atoms with Crippen molar-refractivity contribution in [3.8, 4) is 11.5 Å². The Hall–Kier alpha value is -2.08. The van der Waals surface area contributed by atoms with Gasteiger partial charge in [0.25, 0.3) is 0 Å². The largest absolute Gasteiger partial charge is 0.487 e. The van der Waals surface area contributed by atoms with Crippen LogP contribution in [0, 0.1) is 38.5 Å². The Bertz CT molecular complexity index is 984. The van der Waals surface area contributed by atoms with Gasteiger partial charge in [-0.2, -0.15) is 0 Å². The monoisotopic (exact) mass is 574 g/mol. The molecule has 0 bridgehead atoms. The van der Waals surface area contributed by atoms with Crippen molar-refractivity contribution in [1.82, 2.24) is 0 Å². The van der Waals surface area contributed by atoms with E-state index in [9.17, 15) is 9.59 Å². The first-order valence-electron chi connectivity index (χ1n) is 16.2. The van der Waals surface area contributed by atoms with E-state index in [1.165, 1.54) is 51.4 Å². The molecule has 0 saturated carbocycles. The third kappa shape index (κ3) is 11.6. The fourth-order valence-electron chi connectivity index (χ4n) is 6.01. The smallest absolute Gasteiger partial charge is 0.311 e. The second-order valence-electron chi connectivity index (χ2n) is 13.3. The minimum atomic E-state index is -0.518. The number of carbonyl (C=O) groups is 2. The summed E-state index contributed by atoms with van der Waals surface area (Å²) in [5.74, 6) is 2.95. The first-order valence-corrected chi connectivity index (χ1v) is 16.2. The fraction of sp³-hybridized carbons (Fsp3) is 0.771. The molecule has 0 spiro atoms. The summed E-state index contributed by atoms with van der Waals surface area (Å²) >= 11 is 0. The Morgan fingerprint density at radius 1 is 0.854 bits per heavy atom. The maximum Gasteiger partial charge on any atom is 0.311 e. The molecule has 0 unspecified atom stereocenters. The maximum atomic E-state index is 12.5. The highest BCUT2D eigenvalue weighted by Crippen LogP contribution is 2.45. The number of ether oxygens (including phenoxy) is 3. The number of rotatable bonds is 18. The van der Waals surface area contributed by atoms with Crippen molar-refractivity contribution >= 4 is 11.9 Å². The summed E-state index contributed by atoms with van der Waals surface area (Å²) in [6.45, 7) is 17.4. The molecule has 1 aromatic carbocycles. The average Bonchev–Trinajstić information content (AvgIpc) is 2.91. The van der Waals surface area contributed by atoms with Crippen molar-refractivity contribution in [3.05, 3.63) is 22.3 Å². The first kappa shape index (κ1) is 35.1. The zero-order valence-corrected chi connectivity index (χ0v) is 27.3. The Balaban J connectivity index is 1.86. The summed E-state index contributed by atoms with van der Waals surface area (Å²) in [6, 6.07) is 0. The van der Waals surface area contributed by atoms with E-state index in [0.29, 0.717) is 5.75 Å². The molecule has 6 heteroatoms. The van der Waals surface area contributed by atoms with Crippen molar-refractivity contribution in [1.29, 1.82) is 0 Å². The third-order valence-corrected chi connectivity index (χ3v) is 8.94. The molecule has 0 amide bonds. The van der Waals surface area contributed by atoms with Crippen LogP contribution in [-0.2, 0) is 20.7 Å². The van der Waals surface area contributed by atoms with Gasteiger partial charge in [0.1, 0.15) is 23.7 Å². The number of aliphatic hydroxyl groups excluding tert-OH is 1. The van der Waals surface area contributed by atoms with Crippen LogP contribution in [0.25, 0.3) is 0 Å². The van der Waals surface area contributed by atoms with Gasteiger partial charge in [-0.3, -0.25) is 9.59 Å². The van der Waals surface area contributed by atoms with Crippen LogP contribution in [0.5, 0.6) is 11.5 Å². The van der Waals surface area contributed by atoms with Gasteiger partial charge in [0.15, 0.2) is 0 Å². The van der Waals surface area contributed by atoms with Crippen LogP contribution in [0.15, 0.2) is 0 Å². The molecule has 234 valence electrons. The zero-order chi connectivity index (χ0) is 30.6. The summed E-state index contributed by atoms with van der Waals surface area (Å²) in [6.07, 6.45) is 13.2. The predicted octanol–water partition coefficient (Wildman–Crippen LogP) is 8.36. The third-order valence-electron chi connectivity index (χ3n) is 8.94. The summed E-state index contributed by atoms with van der Waals surface area (Å²) < 4.78 is 17.3.